The van der Waals surface area contributed by atoms with Crippen molar-refractivity contribution in [2.75, 3.05) is 6.54 Å². The molecule has 8 nitrogen and oxygen atoms in total. The second-order valence-corrected chi connectivity index (χ2v) is 7.88. The van der Waals surface area contributed by atoms with E-state index in [2.05, 4.69) is 20.5 Å². The molecule has 0 aromatic carbocycles. The first-order valence-electron chi connectivity index (χ1n) is 9.24. The van der Waals surface area contributed by atoms with Crippen molar-refractivity contribution in [2.24, 2.45) is 12.8 Å². The van der Waals surface area contributed by atoms with E-state index in [-0.39, 0.29) is 13.0 Å². The van der Waals surface area contributed by atoms with Crippen molar-refractivity contribution in [1.29, 1.82) is 0 Å². The van der Waals surface area contributed by atoms with Crippen LogP contribution < -0.4 is 11.1 Å². The molecule has 1 atom stereocenters. The third-order valence-electron chi connectivity index (χ3n) is 4.69. The first kappa shape index (κ1) is 21.0. The summed E-state index contributed by atoms with van der Waals surface area (Å²) < 4.78 is 40.7. The van der Waals surface area contributed by atoms with Gasteiger partial charge in [0.15, 0.2) is 5.65 Å². The van der Waals surface area contributed by atoms with Gasteiger partial charge in [-0.25, -0.2) is 9.50 Å². The number of nitrogens with two attached hydrogens (primary N) is 1. The number of nitrogens with zero attached hydrogens (tertiary/aromatic N) is 5. The Kier molecular flexibility index (Phi) is 5.50. The van der Waals surface area contributed by atoms with Crippen LogP contribution in [0.15, 0.2) is 42.4 Å². The Morgan fingerprint density at radius 3 is 2.68 bits per heavy atom. The molecule has 0 radical (unpaired) electrons. The number of carbonyl (C=O) groups is 1. The van der Waals surface area contributed by atoms with Crippen molar-refractivity contribution >= 4 is 22.9 Å². The molecule has 0 saturated heterocycles. The van der Waals surface area contributed by atoms with E-state index in [4.69, 9.17) is 5.73 Å². The number of carbonyl (C=O) groups excluding carboxylic acids is 1. The van der Waals surface area contributed by atoms with E-state index >= 15 is 0 Å². The van der Waals surface area contributed by atoms with Gasteiger partial charge in [-0.3, -0.25) is 9.48 Å². The molecule has 31 heavy (non-hydrogen) atoms. The van der Waals surface area contributed by atoms with Crippen LogP contribution in [0.25, 0.3) is 27.9 Å². The lowest BCUT2D eigenvalue weighted by molar-refractivity contribution is -0.148. The summed E-state index contributed by atoms with van der Waals surface area (Å²) in [6.45, 7) is -0.165. The average molecular weight is 449 g/mol. The molecule has 0 aliphatic heterocycles. The smallest absolute Gasteiger partial charge is 0.351 e. The predicted octanol–water partition coefficient (Wildman–Crippen LogP) is 2.87. The van der Waals surface area contributed by atoms with Crippen LogP contribution in [0.5, 0.6) is 0 Å². The molecule has 0 aliphatic carbocycles. The number of halogens is 3. The topological polar surface area (TPSA) is 103 Å². The van der Waals surface area contributed by atoms with Crippen LogP contribution >= 0.6 is 11.3 Å². The highest BCUT2D eigenvalue weighted by atomic mass is 32.1. The van der Waals surface area contributed by atoms with E-state index in [9.17, 15) is 18.0 Å². The largest absolute Gasteiger partial charge is 0.403 e. The number of hydrogen-bond donors (Lipinski definition) is 2. The summed E-state index contributed by atoms with van der Waals surface area (Å²) in [5.41, 5.74) is 8.93. The van der Waals surface area contributed by atoms with Gasteiger partial charge in [0.05, 0.1) is 17.3 Å². The van der Waals surface area contributed by atoms with E-state index < -0.39 is 18.1 Å². The monoisotopic (exact) mass is 449 g/mol. The standard InChI is InChI=1S/C19H18F3N7OS/c1-28-8-13(6-26-28)12-5-25-17-14(7-27-29(17)9-12)11-4-15(31-10-11)18(30)24-3-2-16(23)19(20,21)22/h4-10,16H,2-3,23H2,1H3,(H,24,30). The molecule has 0 bridgehead atoms. The first-order valence-corrected chi connectivity index (χ1v) is 10.1. The number of amides is 1. The Hall–Kier alpha value is -3.25. The molecular weight excluding hydrogens is 431 g/mol. The van der Waals surface area contributed by atoms with Crippen LogP contribution in [0, 0.1) is 0 Å². The van der Waals surface area contributed by atoms with Crippen molar-refractivity contribution in [3.8, 4) is 22.3 Å². The predicted molar refractivity (Wildman–Crippen MR) is 109 cm³/mol. The number of thiophene rings is 1. The maximum absolute atomic E-state index is 12.5. The summed E-state index contributed by atoms with van der Waals surface area (Å²) in [6, 6.07) is -0.301. The maximum atomic E-state index is 12.5. The Labute approximate surface area is 178 Å². The summed E-state index contributed by atoms with van der Waals surface area (Å²) in [7, 11) is 1.83. The van der Waals surface area contributed by atoms with Crippen LogP contribution in [0.3, 0.4) is 0 Å². The Balaban J connectivity index is 1.48. The highest BCUT2D eigenvalue weighted by Crippen LogP contribution is 2.29. The van der Waals surface area contributed by atoms with Crippen molar-refractivity contribution in [1.82, 2.24) is 29.7 Å². The summed E-state index contributed by atoms with van der Waals surface area (Å²) in [5.74, 6) is -0.450. The molecule has 4 heterocycles. The molecule has 1 amide bonds. The number of aryl methyl sites for hydroxylation is 1. The third kappa shape index (κ3) is 4.44. The molecule has 0 aliphatic rings. The van der Waals surface area contributed by atoms with Crippen molar-refractivity contribution in [2.45, 2.75) is 18.6 Å². The molecule has 12 heteroatoms. The fourth-order valence-corrected chi connectivity index (χ4v) is 3.81. The van der Waals surface area contributed by atoms with Crippen LogP contribution in [0.2, 0.25) is 0 Å². The lowest BCUT2D eigenvalue weighted by Crippen LogP contribution is -2.40. The van der Waals surface area contributed by atoms with Gasteiger partial charge in [-0.2, -0.15) is 23.4 Å². The highest BCUT2D eigenvalue weighted by Gasteiger charge is 2.36. The Bertz CT molecular complexity index is 1230. The van der Waals surface area contributed by atoms with Gasteiger partial charge < -0.3 is 11.1 Å². The average Bonchev–Trinajstić information content (AvgIpc) is 3.45. The first-order chi connectivity index (χ1) is 14.7. The van der Waals surface area contributed by atoms with Crippen LogP contribution in [0.4, 0.5) is 13.2 Å². The van der Waals surface area contributed by atoms with Gasteiger partial charge in [0.25, 0.3) is 5.91 Å². The number of alkyl halides is 3. The van der Waals surface area contributed by atoms with Gasteiger partial charge in [-0.05, 0) is 23.4 Å². The van der Waals surface area contributed by atoms with Crippen molar-refractivity contribution in [3.63, 3.8) is 0 Å². The van der Waals surface area contributed by atoms with Gasteiger partial charge in [0.2, 0.25) is 0 Å². The summed E-state index contributed by atoms with van der Waals surface area (Å²) >= 11 is 1.19. The lowest BCUT2D eigenvalue weighted by Gasteiger charge is -2.15. The van der Waals surface area contributed by atoms with Gasteiger partial charge in [-0.1, -0.05) is 0 Å². The summed E-state index contributed by atoms with van der Waals surface area (Å²) in [4.78, 5) is 17.1. The van der Waals surface area contributed by atoms with E-state index in [0.29, 0.717) is 10.5 Å². The van der Waals surface area contributed by atoms with E-state index in [1.165, 1.54) is 11.3 Å². The number of hydrogen-bond acceptors (Lipinski definition) is 6. The Morgan fingerprint density at radius 1 is 1.19 bits per heavy atom. The molecule has 0 saturated carbocycles. The van der Waals surface area contributed by atoms with Gasteiger partial charge >= 0.3 is 6.18 Å². The molecular formula is C19H18F3N7OS. The minimum atomic E-state index is -4.48. The molecule has 4 aromatic heterocycles. The molecule has 4 aromatic rings. The molecule has 0 spiro atoms. The lowest BCUT2D eigenvalue weighted by atomic mass is 10.1. The fourth-order valence-electron chi connectivity index (χ4n) is 2.99. The van der Waals surface area contributed by atoms with Crippen LogP contribution in [0.1, 0.15) is 16.1 Å². The van der Waals surface area contributed by atoms with Crippen LogP contribution in [-0.2, 0) is 7.05 Å². The van der Waals surface area contributed by atoms with E-state index in [0.717, 1.165) is 22.3 Å². The quantitative estimate of drug-likeness (QED) is 0.471. The zero-order valence-corrected chi connectivity index (χ0v) is 17.1. The molecule has 162 valence electrons. The van der Waals surface area contributed by atoms with Crippen LogP contribution in [-0.4, -0.2) is 49.0 Å². The third-order valence-corrected chi connectivity index (χ3v) is 5.62. The highest BCUT2D eigenvalue weighted by molar-refractivity contribution is 7.12. The number of rotatable bonds is 6. The van der Waals surface area contributed by atoms with Crippen molar-refractivity contribution in [3.05, 3.63) is 47.3 Å². The molecule has 3 N–H and O–H groups in total. The number of fused-ring (bicyclic) bond motifs is 1. The summed E-state index contributed by atoms with van der Waals surface area (Å²) in [6.07, 6.45) is 3.96. The number of nitrogens with one attached hydrogen (secondary N) is 1. The SMILES string of the molecule is Cn1cc(-c2cnc3c(-c4csc(C(=O)NCCC(N)C(F)(F)F)c4)cnn3c2)cn1. The zero-order valence-electron chi connectivity index (χ0n) is 16.3. The minimum absolute atomic E-state index is 0.165. The molecule has 1 unspecified atom stereocenters. The Morgan fingerprint density at radius 2 is 1.97 bits per heavy atom. The second kappa shape index (κ2) is 8.12. The van der Waals surface area contributed by atoms with Crippen molar-refractivity contribution < 1.29 is 18.0 Å². The second-order valence-electron chi connectivity index (χ2n) is 6.96. The van der Waals surface area contributed by atoms with Gasteiger partial charge in [0.1, 0.15) is 6.04 Å². The normalized spacial score (nSPS) is 12.9. The van der Waals surface area contributed by atoms with Gasteiger partial charge in [-0.15, -0.1) is 11.3 Å². The summed E-state index contributed by atoms with van der Waals surface area (Å²) in [5, 5.41) is 12.7. The van der Waals surface area contributed by atoms with Gasteiger partial charge in [0, 0.05) is 48.9 Å². The minimum Gasteiger partial charge on any atom is -0.351 e. The maximum Gasteiger partial charge on any atom is 0.403 e. The fraction of sp³-hybridized carbons (Fsp3) is 0.263. The zero-order chi connectivity index (χ0) is 22.2. The molecule has 4 rings (SSSR count). The number of aromatic nitrogens is 5. The van der Waals surface area contributed by atoms with E-state index in [1.807, 2.05) is 19.4 Å². The van der Waals surface area contributed by atoms with E-state index in [1.54, 1.807) is 39.2 Å². The molecule has 0 fully saturated rings.